The number of benzene rings is 1. The summed E-state index contributed by atoms with van der Waals surface area (Å²) in [6, 6.07) is 8.61. The van der Waals surface area contributed by atoms with E-state index in [1.165, 1.54) is 11.2 Å². The lowest BCUT2D eigenvalue weighted by atomic mass is 10.0. The molecule has 0 fully saturated rings. The zero-order valence-electron chi connectivity index (χ0n) is 16.3. The molecule has 0 bridgehead atoms. The Kier molecular flexibility index (Phi) is 7.69. The molecule has 27 heavy (non-hydrogen) atoms. The van der Waals surface area contributed by atoms with Gasteiger partial charge in [0.15, 0.2) is 5.84 Å². The lowest BCUT2D eigenvalue weighted by Crippen LogP contribution is -2.33. The topological polar surface area (TPSA) is 83.8 Å². The fourth-order valence-corrected chi connectivity index (χ4v) is 2.79. The number of nitrogens with zero attached hydrogens (tertiary/aromatic N) is 4. The van der Waals surface area contributed by atoms with Gasteiger partial charge in [0.1, 0.15) is 11.5 Å². The number of amidine groups is 1. The summed E-state index contributed by atoms with van der Waals surface area (Å²) in [4.78, 5) is 6.62. The number of hydrogen-bond acceptors (Lipinski definition) is 5. The van der Waals surface area contributed by atoms with Crippen LogP contribution in [0.5, 0.6) is 0 Å². The molecule has 0 unspecified atom stereocenters. The highest BCUT2D eigenvalue weighted by molar-refractivity contribution is 5.95. The van der Waals surface area contributed by atoms with Gasteiger partial charge < -0.3 is 10.6 Å². The summed E-state index contributed by atoms with van der Waals surface area (Å²) < 4.78 is 14.1. The molecule has 4 N–H and O–H groups in total. The van der Waals surface area contributed by atoms with Gasteiger partial charge in [-0.25, -0.2) is 15.4 Å². The van der Waals surface area contributed by atoms with E-state index >= 15 is 0 Å². The summed E-state index contributed by atoms with van der Waals surface area (Å²) in [5.74, 6) is 5.87. The molecule has 2 aromatic rings. The summed E-state index contributed by atoms with van der Waals surface area (Å²) >= 11 is 0. The van der Waals surface area contributed by atoms with Crippen molar-refractivity contribution in [1.29, 1.82) is 0 Å². The smallest absolute Gasteiger partial charge is 0.171 e. The molecule has 0 aliphatic carbocycles. The van der Waals surface area contributed by atoms with Crippen LogP contribution < -0.4 is 11.6 Å². The number of nitrogens with two attached hydrogens (primary N) is 2. The van der Waals surface area contributed by atoms with Crippen molar-refractivity contribution in [3.8, 4) is 11.1 Å². The Labute approximate surface area is 160 Å². The standard InChI is InChI=1S/C20H29FN6/c1-4-26(5-2)11-6-12-27(23)25-20(22)19-10-8-16(14-24-19)17-9-7-15(3)13-18(17)21/h7-10,13-14H,4-6,11-12,23H2,1-3H3,(H2,22,25). The molecule has 0 radical (unpaired) electrons. The third-order valence-electron chi connectivity index (χ3n) is 4.45. The molecule has 0 aliphatic heterocycles. The highest BCUT2D eigenvalue weighted by Crippen LogP contribution is 2.22. The molecule has 7 heteroatoms. The van der Waals surface area contributed by atoms with Gasteiger partial charge in [-0.3, -0.25) is 4.98 Å². The molecule has 0 spiro atoms. The molecular weight excluding hydrogens is 343 g/mol. The SMILES string of the molecule is CCN(CC)CCCN(N)/N=C(\N)c1ccc(-c2ccc(C)cc2F)cn1. The van der Waals surface area contributed by atoms with Crippen LogP contribution in [0.1, 0.15) is 31.5 Å². The van der Waals surface area contributed by atoms with Crippen molar-refractivity contribution < 1.29 is 4.39 Å². The van der Waals surface area contributed by atoms with Crippen LogP contribution in [0.3, 0.4) is 0 Å². The number of pyridine rings is 1. The normalized spacial score (nSPS) is 11.9. The maximum Gasteiger partial charge on any atom is 0.171 e. The van der Waals surface area contributed by atoms with Gasteiger partial charge in [0.25, 0.3) is 0 Å². The van der Waals surface area contributed by atoms with Crippen molar-refractivity contribution in [2.24, 2.45) is 16.7 Å². The fraction of sp³-hybridized carbons (Fsp3) is 0.400. The third kappa shape index (κ3) is 6.01. The summed E-state index contributed by atoms with van der Waals surface area (Å²) in [6.07, 6.45) is 2.49. The average molecular weight is 372 g/mol. The van der Waals surface area contributed by atoms with Gasteiger partial charge in [-0.05, 0) is 50.7 Å². The van der Waals surface area contributed by atoms with Crippen LogP contribution in [-0.4, -0.2) is 47.0 Å². The van der Waals surface area contributed by atoms with E-state index in [0.29, 0.717) is 23.4 Å². The molecule has 0 amide bonds. The maximum absolute atomic E-state index is 14.1. The second kappa shape index (κ2) is 9.99. The van der Waals surface area contributed by atoms with Gasteiger partial charge in [-0.2, -0.15) is 0 Å². The number of hydrazine groups is 1. The minimum atomic E-state index is -0.271. The minimum absolute atomic E-state index is 0.233. The quantitative estimate of drug-likeness (QED) is 0.306. The number of hydrazone groups is 1. The van der Waals surface area contributed by atoms with E-state index in [0.717, 1.165) is 31.6 Å². The molecule has 2 rings (SSSR count). The molecule has 0 aliphatic rings. The molecule has 1 aromatic carbocycles. The van der Waals surface area contributed by atoms with Crippen LogP contribution in [0, 0.1) is 12.7 Å². The van der Waals surface area contributed by atoms with Crippen molar-refractivity contribution in [3.63, 3.8) is 0 Å². The van der Waals surface area contributed by atoms with Crippen molar-refractivity contribution in [3.05, 3.63) is 53.6 Å². The lowest BCUT2D eigenvalue weighted by Gasteiger charge is -2.19. The first-order chi connectivity index (χ1) is 12.9. The highest BCUT2D eigenvalue weighted by Gasteiger charge is 2.08. The van der Waals surface area contributed by atoms with Crippen molar-refractivity contribution in [2.75, 3.05) is 26.2 Å². The monoisotopic (exact) mass is 372 g/mol. The number of aromatic nitrogens is 1. The van der Waals surface area contributed by atoms with E-state index in [1.54, 1.807) is 24.4 Å². The molecule has 0 saturated heterocycles. The first-order valence-corrected chi connectivity index (χ1v) is 9.26. The molecule has 0 atom stereocenters. The van der Waals surface area contributed by atoms with E-state index in [-0.39, 0.29) is 11.7 Å². The number of rotatable bonds is 9. The lowest BCUT2D eigenvalue weighted by molar-refractivity contribution is 0.247. The summed E-state index contributed by atoms with van der Waals surface area (Å²) in [6.45, 7) is 9.73. The number of aryl methyl sites for hydroxylation is 1. The van der Waals surface area contributed by atoms with Crippen LogP contribution in [-0.2, 0) is 0 Å². The van der Waals surface area contributed by atoms with Gasteiger partial charge in [0.2, 0.25) is 0 Å². The number of hydrogen-bond donors (Lipinski definition) is 2. The minimum Gasteiger partial charge on any atom is -0.380 e. The largest absolute Gasteiger partial charge is 0.380 e. The molecule has 1 aromatic heterocycles. The maximum atomic E-state index is 14.1. The Balaban J connectivity index is 1.99. The van der Waals surface area contributed by atoms with Gasteiger partial charge >= 0.3 is 0 Å². The van der Waals surface area contributed by atoms with E-state index in [4.69, 9.17) is 11.6 Å². The van der Waals surface area contributed by atoms with E-state index < -0.39 is 0 Å². The zero-order chi connectivity index (χ0) is 19.8. The van der Waals surface area contributed by atoms with Gasteiger partial charge in [0, 0.05) is 17.3 Å². The van der Waals surface area contributed by atoms with E-state index in [9.17, 15) is 4.39 Å². The predicted octanol–water partition coefficient (Wildman–Crippen LogP) is 2.72. The van der Waals surface area contributed by atoms with E-state index in [2.05, 4.69) is 28.8 Å². The first kappa shape index (κ1) is 20.8. The predicted molar refractivity (Wildman–Crippen MR) is 108 cm³/mol. The van der Waals surface area contributed by atoms with Gasteiger partial charge in [-0.1, -0.05) is 32.0 Å². The Bertz CT molecular complexity index is 756. The third-order valence-corrected chi connectivity index (χ3v) is 4.45. The van der Waals surface area contributed by atoms with Crippen LogP contribution >= 0.6 is 0 Å². The summed E-state index contributed by atoms with van der Waals surface area (Å²) in [7, 11) is 0. The Morgan fingerprint density at radius 1 is 1.15 bits per heavy atom. The number of halogens is 1. The Hall–Kier alpha value is -2.51. The van der Waals surface area contributed by atoms with Crippen LogP contribution in [0.15, 0.2) is 41.6 Å². The molecule has 146 valence electrons. The van der Waals surface area contributed by atoms with Gasteiger partial charge in [-0.15, -0.1) is 5.10 Å². The van der Waals surface area contributed by atoms with Gasteiger partial charge in [0.05, 0.1) is 6.54 Å². The van der Waals surface area contributed by atoms with Crippen LogP contribution in [0.2, 0.25) is 0 Å². The van der Waals surface area contributed by atoms with Crippen molar-refractivity contribution in [1.82, 2.24) is 15.0 Å². The first-order valence-electron chi connectivity index (χ1n) is 9.26. The molecule has 0 saturated carbocycles. The second-order valence-corrected chi connectivity index (χ2v) is 6.44. The zero-order valence-corrected chi connectivity index (χ0v) is 16.3. The highest BCUT2D eigenvalue weighted by atomic mass is 19.1. The summed E-state index contributed by atoms with van der Waals surface area (Å²) in [5.41, 5.74) is 8.58. The average Bonchev–Trinajstić information content (AvgIpc) is 2.65. The van der Waals surface area contributed by atoms with Crippen molar-refractivity contribution in [2.45, 2.75) is 27.2 Å². The van der Waals surface area contributed by atoms with E-state index in [1.807, 2.05) is 13.0 Å². The Morgan fingerprint density at radius 3 is 2.48 bits per heavy atom. The molecule has 1 heterocycles. The van der Waals surface area contributed by atoms with Crippen molar-refractivity contribution >= 4 is 5.84 Å². The fourth-order valence-electron chi connectivity index (χ4n) is 2.79. The Morgan fingerprint density at radius 2 is 1.89 bits per heavy atom. The molecular formula is C20H29FN6. The summed E-state index contributed by atoms with van der Waals surface area (Å²) in [5, 5.41) is 5.52. The van der Waals surface area contributed by atoms with Crippen LogP contribution in [0.4, 0.5) is 4.39 Å². The van der Waals surface area contributed by atoms with Crippen LogP contribution in [0.25, 0.3) is 11.1 Å². The molecule has 6 nitrogen and oxygen atoms in total. The second-order valence-electron chi connectivity index (χ2n) is 6.44.